The van der Waals surface area contributed by atoms with Crippen LogP contribution in [0, 0.1) is 17.8 Å². The van der Waals surface area contributed by atoms with Gasteiger partial charge in [0.25, 0.3) is 0 Å². The lowest BCUT2D eigenvalue weighted by Gasteiger charge is -2.25. The second kappa shape index (κ2) is 10.1. The van der Waals surface area contributed by atoms with Gasteiger partial charge in [0.05, 0.1) is 19.8 Å². The number of ether oxygens (including phenoxy) is 2. The molecule has 0 aromatic rings. The van der Waals surface area contributed by atoms with Crippen LogP contribution in [0.15, 0.2) is 0 Å². The van der Waals surface area contributed by atoms with Gasteiger partial charge in [-0.1, -0.05) is 27.7 Å². The van der Waals surface area contributed by atoms with Crippen molar-refractivity contribution in [2.45, 2.75) is 27.7 Å². The Balaban J connectivity index is 3.41. The molecule has 0 aliphatic carbocycles. The summed E-state index contributed by atoms with van der Waals surface area (Å²) >= 11 is 0. The Bertz CT molecular complexity index is 141. The zero-order chi connectivity index (χ0) is 12.4. The van der Waals surface area contributed by atoms with Crippen LogP contribution in [0.25, 0.3) is 0 Å². The Hall–Kier alpha value is -0.120. The van der Waals surface area contributed by atoms with Crippen molar-refractivity contribution in [2.24, 2.45) is 17.8 Å². The Labute approximate surface area is 101 Å². The van der Waals surface area contributed by atoms with Gasteiger partial charge >= 0.3 is 0 Å². The van der Waals surface area contributed by atoms with Crippen LogP contribution in [0.2, 0.25) is 0 Å². The third-order valence-corrected chi connectivity index (χ3v) is 2.95. The minimum absolute atomic E-state index is 0.681. The molecule has 0 radical (unpaired) electrons. The van der Waals surface area contributed by atoms with E-state index in [1.165, 1.54) is 0 Å². The second-order valence-corrected chi connectivity index (χ2v) is 4.96. The molecule has 0 saturated carbocycles. The molecular weight excluding hydrogens is 202 g/mol. The number of rotatable bonds is 10. The summed E-state index contributed by atoms with van der Waals surface area (Å²) < 4.78 is 10.3. The lowest BCUT2D eigenvalue weighted by molar-refractivity contribution is 0.0711. The normalized spacial score (nSPS) is 12.0. The minimum Gasteiger partial charge on any atom is -0.382 e. The summed E-state index contributed by atoms with van der Waals surface area (Å²) in [4.78, 5) is 0. The minimum atomic E-state index is 0.681. The topological polar surface area (TPSA) is 30.5 Å². The SMILES string of the molecule is COCCOCCNCC(C(C)C)C(C)C. The van der Waals surface area contributed by atoms with Crippen molar-refractivity contribution in [3.8, 4) is 0 Å². The van der Waals surface area contributed by atoms with Crippen LogP contribution in [0.3, 0.4) is 0 Å². The van der Waals surface area contributed by atoms with Gasteiger partial charge in [0.2, 0.25) is 0 Å². The van der Waals surface area contributed by atoms with E-state index in [0.29, 0.717) is 13.2 Å². The fourth-order valence-corrected chi connectivity index (χ4v) is 1.90. The molecule has 0 heterocycles. The van der Waals surface area contributed by atoms with E-state index in [9.17, 15) is 0 Å². The molecule has 0 spiro atoms. The summed E-state index contributed by atoms with van der Waals surface area (Å²) in [6.45, 7) is 13.3. The molecule has 0 aromatic heterocycles. The molecule has 1 N–H and O–H groups in total. The molecule has 98 valence electrons. The molecule has 16 heavy (non-hydrogen) atoms. The third-order valence-electron chi connectivity index (χ3n) is 2.95. The Kier molecular flexibility index (Phi) is 9.99. The first-order valence-electron chi connectivity index (χ1n) is 6.37. The zero-order valence-corrected chi connectivity index (χ0v) is 11.6. The van der Waals surface area contributed by atoms with E-state index in [2.05, 4.69) is 33.0 Å². The van der Waals surface area contributed by atoms with Crippen LogP contribution in [0.1, 0.15) is 27.7 Å². The summed E-state index contributed by atoms with van der Waals surface area (Å²) in [5, 5.41) is 3.46. The molecule has 3 heteroatoms. The van der Waals surface area contributed by atoms with Crippen molar-refractivity contribution in [3.05, 3.63) is 0 Å². The molecule has 0 aromatic carbocycles. The van der Waals surface area contributed by atoms with E-state index < -0.39 is 0 Å². The predicted octanol–water partition coefficient (Wildman–Crippen LogP) is 2.17. The van der Waals surface area contributed by atoms with E-state index in [-0.39, 0.29) is 0 Å². The van der Waals surface area contributed by atoms with Crippen molar-refractivity contribution in [2.75, 3.05) is 40.0 Å². The lowest BCUT2D eigenvalue weighted by Crippen LogP contribution is -2.32. The molecule has 0 aliphatic heterocycles. The molecule has 0 atom stereocenters. The van der Waals surface area contributed by atoms with Crippen LogP contribution in [0.4, 0.5) is 0 Å². The second-order valence-electron chi connectivity index (χ2n) is 4.96. The highest BCUT2D eigenvalue weighted by molar-refractivity contribution is 4.69. The largest absolute Gasteiger partial charge is 0.382 e. The molecule has 0 aliphatic rings. The maximum atomic E-state index is 5.39. The van der Waals surface area contributed by atoms with Gasteiger partial charge < -0.3 is 14.8 Å². The Morgan fingerprint density at radius 2 is 1.56 bits per heavy atom. The molecule has 0 fully saturated rings. The van der Waals surface area contributed by atoms with E-state index in [1.807, 2.05) is 0 Å². The van der Waals surface area contributed by atoms with Crippen LogP contribution >= 0.6 is 0 Å². The van der Waals surface area contributed by atoms with Gasteiger partial charge in [-0.2, -0.15) is 0 Å². The van der Waals surface area contributed by atoms with Crippen LogP contribution < -0.4 is 5.32 Å². The first-order chi connectivity index (χ1) is 7.59. The van der Waals surface area contributed by atoms with Gasteiger partial charge in [-0.25, -0.2) is 0 Å². The average Bonchev–Trinajstić information content (AvgIpc) is 2.21. The highest BCUT2D eigenvalue weighted by atomic mass is 16.5. The number of hydrogen-bond acceptors (Lipinski definition) is 3. The fourth-order valence-electron chi connectivity index (χ4n) is 1.90. The van der Waals surface area contributed by atoms with Crippen molar-refractivity contribution in [3.63, 3.8) is 0 Å². The lowest BCUT2D eigenvalue weighted by atomic mass is 9.85. The molecule has 0 bridgehead atoms. The van der Waals surface area contributed by atoms with Gasteiger partial charge in [-0.05, 0) is 24.3 Å². The Morgan fingerprint density at radius 3 is 2.06 bits per heavy atom. The van der Waals surface area contributed by atoms with E-state index in [1.54, 1.807) is 7.11 Å². The maximum absolute atomic E-state index is 5.39. The quantitative estimate of drug-likeness (QED) is 0.585. The smallest absolute Gasteiger partial charge is 0.0700 e. The summed E-state index contributed by atoms with van der Waals surface area (Å²) in [5.41, 5.74) is 0. The van der Waals surface area contributed by atoms with Gasteiger partial charge in [0.15, 0.2) is 0 Å². The molecular formula is C13H29NO2. The predicted molar refractivity (Wildman–Crippen MR) is 68.7 cm³/mol. The molecule has 0 unspecified atom stereocenters. The standard InChI is InChI=1S/C13H29NO2/c1-11(2)13(12(3)4)10-14-6-7-16-9-8-15-5/h11-14H,6-10H2,1-5H3. The van der Waals surface area contributed by atoms with E-state index in [4.69, 9.17) is 9.47 Å². The van der Waals surface area contributed by atoms with Gasteiger partial charge in [-0.3, -0.25) is 0 Å². The number of methoxy groups -OCH3 is 1. The maximum Gasteiger partial charge on any atom is 0.0700 e. The average molecular weight is 231 g/mol. The number of nitrogens with one attached hydrogen (secondary N) is 1. The van der Waals surface area contributed by atoms with Crippen molar-refractivity contribution in [1.82, 2.24) is 5.32 Å². The van der Waals surface area contributed by atoms with Crippen molar-refractivity contribution < 1.29 is 9.47 Å². The number of hydrogen-bond donors (Lipinski definition) is 1. The van der Waals surface area contributed by atoms with Gasteiger partial charge in [0.1, 0.15) is 0 Å². The van der Waals surface area contributed by atoms with Crippen LogP contribution in [0.5, 0.6) is 0 Å². The van der Waals surface area contributed by atoms with E-state index in [0.717, 1.165) is 37.5 Å². The Morgan fingerprint density at radius 1 is 0.938 bits per heavy atom. The van der Waals surface area contributed by atoms with Crippen LogP contribution in [-0.4, -0.2) is 40.0 Å². The fraction of sp³-hybridized carbons (Fsp3) is 1.00. The summed E-state index contributed by atoms with van der Waals surface area (Å²) in [7, 11) is 1.69. The molecule has 3 nitrogen and oxygen atoms in total. The highest BCUT2D eigenvalue weighted by Gasteiger charge is 2.16. The van der Waals surface area contributed by atoms with Gasteiger partial charge in [-0.15, -0.1) is 0 Å². The summed E-state index contributed by atoms with van der Waals surface area (Å²) in [6, 6.07) is 0. The van der Waals surface area contributed by atoms with E-state index >= 15 is 0 Å². The summed E-state index contributed by atoms with van der Waals surface area (Å²) in [5.74, 6) is 2.22. The first kappa shape index (κ1) is 15.9. The first-order valence-corrected chi connectivity index (χ1v) is 6.37. The van der Waals surface area contributed by atoms with Crippen LogP contribution in [-0.2, 0) is 9.47 Å². The zero-order valence-electron chi connectivity index (χ0n) is 11.6. The van der Waals surface area contributed by atoms with Crippen molar-refractivity contribution in [1.29, 1.82) is 0 Å². The molecule has 0 saturated heterocycles. The third kappa shape index (κ3) is 8.08. The molecule has 0 rings (SSSR count). The monoisotopic (exact) mass is 231 g/mol. The highest BCUT2D eigenvalue weighted by Crippen LogP contribution is 2.19. The van der Waals surface area contributed by atoms with Gasteiger partial charge in [0, 0.05) is 13.7 Å². The molecule has 0 amide bonds. The van der Waals surface area contributed by atoms with Crippen molar-refractivity contribution >= 4 is 0 Å². The summed E-state index contributed by atoms with van der Waals surface area (Å²) in [6.07, 6.45) is 0.